The molecule has 1 aliphatic heterocycles. The van der Waals surface area contributed by atoms with E-state index in [1.54, 1.807) is 0 Å². The van der Waals surface area contributed by atoms with Crippen molar-refractivity contribution in [2.45, 2.75) is 37.5 Å². The van der Waals surface area contributed by atoms with Gasteiger partial charge < -0.3 is 5.73 Å². The first-order valence-electron chi connectivity index (χ1n) is 6.48. The SMILES string of the molecule is C[C@@H]1[C@H](c2ccccc2)C[C@H](N)CN1CC(F)(F)F. The molecule has 1 aliphatic rings. The van der Waals surface area contributed by atoms with Gasteiger partial charge in [0.05, 0.1) is 6.54 Å². The molecule has 0 unspecified atom stereocenters. The number of alkyl halides is 3. The molecular weight excluding hydrogens is 253 g/mol. The minimum Gasteiger partial charge on any atom is -0.327 e. The van der Waals surface area contributed by atoms with Crippen molar-refractivity contribution in [3.05, 3.63) is 35.9 Å². The quantitative estimate of drug-likeness (QED) is 0.897. The predicted octanol–water partition coefficient (Wildman–Crippen LogP) is 2.75. The van der Waals surface area contributed by atoms with Gasteiger partial charge in [0.15, 0.2) is 0 Å². The van der Waals surface area contributed by atoms with Gasteiger partial charge in [-0.2, -0.15) is 13.2 Å². The van der Waals surface area contributed by atoms with E-state index in [1.807, 2.05) is 37.3 Å². The van der Waals surface area contributed by atoms with Crippen molar-refractivity contribution in [1.29, 1.82) is 0 Å². The van der Waals surface area contributed by atoms with Crippen molar-refractivity contribution in [2.75, 3.05) is 13.1 Å². The largest absolute Gasteiger partial charge is 0.401 e. The molecule has 1 fully saturated rings. The summed E-state index contributed by atoms with van der Waals surface area (Å²) in [4.78, 5) is 1.45. The maximum Gasteiger partial charge on any atom is 0.401 e. The van der Waals surface area contributed by atoms with Gasteiger partial charge in [-0.1, -0.05) is 30.3 Å². The van der Waals surface area contributed by atoms with Crippen LogP contribution in [-0.2, 0) is 0 Å². The van der Waals surface area contributed by atoms with E-state index in [9.17, 15) is 13.2 Å². The smallest absolute Gasteiger partial charge is 0.327 e. The second-order valence-electron chi connectivity index (χ2n) is 5.30. The highest BCUT2D eigenvalue weighted by atomic mass is 19.4. The zero-order chi connectivity index (χ0) is 14.0. The number of likely N-dealkylation sites (tertiary alicyclic amines) is 1. The van der Waals surface area contributed by atoms with Crippen LogP contribution in [0.3, 0.4) is 0 Å². The summed E-state index contributed by atoms with van der Waals surface area (Å²) in [5.74, 6) is 0.0623. The number of nitrogens with two attached hydrogens (primary N) is 1. The Kier molecular flexibility index (Phi) is 4.16. The Bertz CT molecular complexity index is 405. The molecule has 3 atom stereocenters. The molecule has 0 amide bonds. The van der Waals surface area contributed by atoms with Crippen LogP contribution in [0, 0.1) is 0 Å². The minimum absolute atomic E-state index is 0.0623. The summed E-state index contributed by atoms with van der Waals surface area (Å²) >= 11 is 0. The van der Waals surface area contributed by atoms with Crippen LogP contribution in [0.5, 0.6) is 0 Å². The van der Waals surface area contributed by atoms with Gasteiger partial charge in [-0.3, -0.25) is 4.90 Å². The molecule has 2 N–H and O–H groups in total. The Hall–Kier alpha value is -1.07. The lowest BCUT2D eigenvalue weighted by Crippen LogP contribution is -2.53. The van der Waals surface area contributed by atoms with Crippen LogP contribution in [0.15, 0.2) is 30.3 Å². The normalized spacial score (nSPS) is 29.4. The lowest BCUT2D eigenvalue weighted by molar-refractivity contribution is -0.154. The maximum atomic E-state index is 12.6. The Morgan fingerprint density at radius 2 is 1.89 bits per heavy atom. The second-order valence-corrected chi connectivity index (χ2v) is 5.30. The third kappa shape index (κ3) is 3.70. The van der Waals surface area contributed by atoms with Gasteiger partial charge in [0.1, 0.15) is 0 Å². The Balaban J connectivity index is 2.16. The molecule has 5 heteroatoms. The molecule has 0 spiro atoms. The second kappa shape index (κ2) is 5.51. The summed E-state index contributed by atoms with van der Waals surface area (Å²) in [6.45, 7) is 1.28. The van der Waals surface area contributed by atoms with Crippen molar-refractivity contribution in [3.63, 3.8) is 0 Å². The van der Waals surface area contributed by atoms with E-state index < -0.39 is 12.7 Å². The fraction of sp³-hybridized carbons (Fsp3) is 0.571. The number of hydrogen-bond acceptors (Lipinski definition) is 2. The molecule has 0 saturated carbocycles. The van der Waals surface area contributed by atoms with Crippen molar-refractivity contribution < 1.29 is 13.2 Å². The Morgan fingerprint density at radius 1 is 1.26 bits per heavy atom. The van der Waals surface area contributed by atoms with Gasteiger partial charge in [0.25, 0.3) is 0 Å². The maximum absolute atomic E-state index is 12.6. The average Bonchev–Trinajstić information content (AvgIpc) is 2.32. The third-order valence-corrected chi connectivity index (χ3v) is 3.79. The lowest BCUT2D eigenvalue weighted by atomic mass is 9.82. The summed E-state index contributed by atoms with van der Waals surface area (Å²) in [6, 6.07) is 9.31. The van der Waals surface area contributed by atoms with Gasteiger partial charge >= 0.3 is 6.18 Å². The highest BCUT2D eigenvalue weighted by molar-refractivity contribution is 5.22. The molecule has 106 valence electrons. The predicted molar refractivity (Wildman–Crippen MR) is 68.9 cm³/mol. The summed E-state index contributed by atoms with van der Waals surface area (Å²) < 4.78 is 37.8. The van der Waals surface area contributed by atoms with Gasteiger partial charge in [0, 0.05) is 24.5 Å². The van der Waals surface area contributed by atoms with Crippen molar-refractivity contribution in [1.82, 2.24) is 4.90 Å². The lowest BCUT2D eigenvalue weighted by Gasteiger charge is -2.42. The molecular formula is C14H19F3N2. The molecule has 0 radical (unpaired) electrons. The van der Waals surface area contributed by atoms with Crippen LogP contribution in [0.2, 0.25) is 0 Å². The first kappa shape index (κ1) is 14.3. The molecule has 0 aliphatic carbocycles. The number of piperidine rings is 1. The molecule has 1 aromatic rings. The van der Waals surface area contributed by atoms with Crippen LogP contribution in [0.4, 0.5) is 13.2 Å². The standard InChI is InChI=1S/C14H19F3N2/c1-10-13(11-5-3-2-4-6-11)7-12(18)8-19(10)9-14(15,16)17/h2-6,10,12-13H,7-9,18H2,1H3/t10-,12+,13-/m1/s1. The molecule has 1 heterocycles. The number of benzene rings is 1. The van der Waals surface area contributed by atoms with Gasteiger partial charge in [-0.25, -0.2) is 0 Å². The van der Waals surface area contributed by atoms with Crippen molar-refractivity contribution in [3.8, 4) is 0 Å². The van der Waals surface area contributed by atoms with E-state index in [4.69, 9.17) is 5.73 Å². The van der Waals surface area contributed by atoms with Gasteiger partial charge in [-0.05, 0) is 18.9 Å². The molecule has 0 bridgehead atoms. The monoisotopic (exact) mass is 272 g/mol. The summed E-state index contributed by atoms with van der Waals surface area (Å²) in [5.41, 5.74) is 6.99. The molecule has 2 rings (SSSR count). The number of hydrogen-bond donors (Lipinski definition) is 1. The van der Waals surface area contributed by atoms with Crippen LogP contribution >= 0.6 is 0 Å². The number of rotatable bonds is 2. The molecule has 19 heavy (non-hydrogen) atoms. The molecule has 2 nitrogen and oxygen atoms in total. The highest BCUT2D eigenvalue weighted by Crippen LogP contribution is 2.33. The summed E-state index contributed by atoms with van der Waals surface area (Å²) in [5, 5.41) is 0. The van der Waals surface area contributed by atoms with Crippen LogP contribution in [0.1, 0.15) is 24.8 Å². The minimum atomic E-state index is -4.17. The average molecular weight is 272 g/mol. The van der Waals surface area contributed by atoms with E-state index in [0.29, 0.717) is 6.54 Å². The van der Waals surface area contributed by atoms with E-state index in [1.165, 1.54) is 4.90 Å². The fourth-order valence-corrected chi connectivity index (χ4v) is 2.87. The summed E-state index contributed by atoms with van der Waals surface area (Å²) in [7, 11) is 0. The van der Waals surface area contributed by atoms with Crippen LogP contribution in [-0.4, -0.2) is 36.2 Å². The Labute approximate surface area is 111 Å². The van der Waals surface area contributed by atoms with Crippen LogP contribution < -0.4 is 5.73 Å². The van der Waals surface area contributed by atoms with Crippen molar-refractivity contribution >= 4 is 0 Å². The molecule has 0 aromatic heterocycles. The van der Waals surface area contributed by atoms with E-state index in [0.717, 1.165) is 12.0 Å². The van der Waals surface area contributed by atoms with E-state index in [-0.39, 0.29) is 18.0 Å². The van der Waals surface area contributed by atoms with Gasteiger partial charge in [-0.15, -0.1) is 0 Å². The number of nitrogens with zero attached hydrogens (tertiary/aromatic N) is 1. The zero-order valence-corrected chi connectivity index (χ0v) is 10.9. The topological polar surface area (TPSA) is 29.3 Å². The molecule has 1 aromatic carbocycles. The van der Waals surface area contributed by atoms with Gasteiger partial charge in [0.2, 0.25) is 0 Å². The highest BCUT2D eigenvalue weighted by Gasteiger charge is 2.39. The third-order valence-electron chi connectivity index (χ3n) is 3.79. The molecule has 1 saturated heterocycles. The van der Waals surface area contributed by atoms with Crippen LogP contribution in [0.25, 0.3) is 0 Å². The zero-order valence-electron chi connectivity index (χ0n) is 10.9. The van der Waals surface area contributed by atoms with E-state index in [2.05, 4.69) is 0 Å². The first-order chi connectivity index (χ1) is 8.87. The fourth-order valence-electron chi connectivity index (χ4n) is 2.87. The van der Waals surface area contributed by atoms with E-state index >= 15 is 0 Å². The Morgan fingerprint density at radius 3 is 2.47 bits per heavy atom. The summed E-state index contributed by atoms with van der Waals surface area (Å²) in [6.07, 6.45) is -3.44. The van der Waals surface area contributed by atoms with Crippen molar-refractivity contribution in [2.24, 2.45) is 5.73 Å². The first-order valence-corrected chi connectivity index (χ1v) is 6.48. The number of halogens is 3.